The lowest BCUT2D eigenvalue weighted by Crippen LogP contribution is -2.01. The van der Waals surface area contributed by atoms with Crippen LogP contribution in [0.25, 0.3) is 12.2 Å². The minimum atomic E-state index is -0.413. The fourth-order valence-electron chi connectivity index (χ4n) is 3.16. The Morgan fingerprint density at radius 3 is 2.39 bits per heavy atom. The Balaban J connectivity index is 1.46. The van der Waals surface area contributed by atoms with E-state index in [9.17, 15) is 9.59 Å². The molecule has 0 aliphatic carbocycles. The van der Waals surface area contributed by atoms with Gasteiger partial charge in [0.15, 0.2) is 5.76 Å². The second-order valence-electron chi connectivity index (χ2n) is 6.95. The average molecular weight is 412 g/mol. The van der Waals surface area contributed by atoms with Crippen molar-refractivity contribution in [2.75, 3.05) is 7.11 Å². The van der Waals surface area contributed by atoms with E-state index in [-0.39, 0.29) is 11.5 Å². The highest BCUT2D eigenvalue weighted by Gasteiger charge is 2.27. The van der Waals surface area contributed by atoms with E-state index in [4.69, 9.17) is 9.47 Å². The number of ketones is 1. The lowest BCUT2D eigenvalue weighted by atomic mass is 10.1. The Hall–Kier alpha value is -4.12. The van der Waals surface area contributed by atoms with Crippen LogP contribution in [-0.2, 0) is 11.3 Å². The predicted octanol–water partition coefficient (Wildman–Crippen LogP) is 5.31. The number of esters is 1. The SMILES string of the molecule is C=Cc1ccc(COc2ccc3c(c2)O/C(=C\c2ccc(C(=O)OC)cc2)C3=O)cc1. The number of ether oxygens (including phenoxy) is 3. The molecule has 1 aliphatic heterocycles. The molecule has 1 heterocycles. The van der Waals surface area contributed by atoms with E-state index in [1.807, 2.05) is 24.3 Å². The van der Waals surface area contributed by atoms with Crippen LogP contribution >= 0.6 is 0 Å². The van der Waals surface area contributed by atoms with E-state index in [1.165, 1.54) is 7.11 Å². The average Bonchev–Trinajstić information content (AvgIpc) is 3.12. The van der Waals surface area contributed by atoms with Gasteiger partial charge in [-0.2, -0.15) is 0 Å². The van der Waals surface area contributed by atoms with E-state index in [2.05, 4.69) is 11.3 Å². The van der Waals surface area contributed by atoms with Crippen molar-refractivity contribution in [2.45, 2.75) is 6.61 Å². The highest BCUT2D eigenvalue weighted by molar-refractivity contribution is 6.14. The molecular formula is C26H20O5. The van der Waals surface area contributed by atoms with Crippen LogP contribution in [0.2, 0.25) is 0 Å². The summed E-state index contributed by atoms with van der Waals surface area (Å²) in [6, 6.07) is 19.8. The van der Waals surface area contributed by atoms with Gasteiger partial charge in [-0.25, -0.2) is 4.79 Å². The molecular weight excluding hydrogens is 392 g/mol. The Labute approximate surface area is 180 Å². The molecule has 154 valence electrons. The highest BCUT2D eigenvalue weighted by atomic mass is 16.5. The van der Waals surface area contributed by atoms with Crippen LogP contribution in [0.15, 0.2) is 79.1 Å². The van der Waals surface area contributed by atoms with Crippen LogP contribution in [0.1, 0.15) is 37.4 Å². The van der Waals surface area contributed by atoms with Crippen molar-refractivity contribution in [1.29, 1.82) is 0 Å². The van der Waals surface area contributed by atoms with E-state index < -0.39 is 5.97 Å². The van der Waals surface area contributed by atoms with E-state index in [0.29, 0.717) is 29.2 Å². The summed E-state index contributed by atoms with van der Waals surface area (Å²) in [4.78, 5) is 24.2. The molecule has 0 spiro atoms. The molecule has 0 saturated heterocycles. The second kappa shape index (κ2) is 8.71. The maximum atomic E-state index is 12.7. The number of allylic oxidation sites excluding steroid dienone is 1. The lowest BCUT2D eigenvalue weighted by Gasteiger charge is -2.07. The van der Waals surface area contributed by atoms with Crippen LogP contribution in [0.5, 0.6) is 11.5 Å². The van der Waals surface area contributed by atoms with Crippen molar-refractivity contribution in [3.8, 4) is 11.5 Å². The van der Waals surface area contributed by atoms with Crippen LogP contribution < -0.4 is 9.47 Å². The molecule has 1 aliphatic rings. The van der Waals surface area contributed by atoms with Gasteiger partial charge in [0.2, 0.25) is 5.78 Å². The molecule has 0 unspecified atom stereocenters. The number of rotatable bonds is 6. The fraction of sp³-hybridized carbons (Fsp3) is 0.0769. The zero-order chi connectivity index (χ0) is 21.8. The third kappa shape index (κ3) is 4.41. The van der Waals surface area contributed by atoms with Gasteiger partial charge < -0.3 is 14.2 Å². The van der Waals surface area contributed by atoms with E-state index in [1.54, 1.807) is 54.6 Å². The number of benzene rings is 3. The minimum absolute atomic E-state index is 0.196. The van der Waals surface area contributed by atoms with Crippen molar-refractivity contribution in [2.24, 2.45) is 0 Å². The minimum Gasteiger partial charge on any atom is -0.489 e. The van der Waals surface area contributed by atoms with Crippen molar-refractivity contribution in [1.82, 2.24) is 0 Å². The van der Waals surface area contributed by atoms with Crippen molar-refractivity contribution >= 4 is 23.9 Å². The molecule has 0 amide bonds. The first kappa shape index (κ1) is 20.2. The molecule has 3 aromatic carbocycles. The number of hydrogen-bond acceptors (Lipinski definition) is 5. The number of fused-ring (bicyclic) bond motifs is 1. The van der Waals surface area contributed by atoms with Gasteiger partial charge in [-0.05, 0) is 47.0 Å². The van der Waals surface area contributed by atoms with Gasteiger partial charge in [0.1, 0.15) is 18.1 Å². The summed E-state index contributed by atoms with van der Waals surface area (Å²) in [5.74, 6) is 0.686. The van der Waals surface area contributed by atoms with Crippen molar-refractivity contribution in [3.05, 3.63) is 107 Å². The van der Waals surface area contributed by atoms with Crippen molar-refractivity contribution in [3.63, 3.8) is 0 Å². The highest BCUT2D eigenvalue weighted by Crippen LogP contribution is 2.35. The van der Waals surface area contributed by atoms with Gasteiger partial charge in [-0.15, -0.1) is 0 Å². The Kier molecular flexibility index (Phi) is 5.67. The molecule has 0 fully saturated rings. The molecule has 0 radical (unpaired) electrons. The third-order valence-electron chi connectivity index (χ3n) is 4.89. The Morgan fingerprint density at radius 1 is 1.00 bits per heavy atom. The number of hydrogen-bond donors (Lipinski definition) is 0. The first-order valence-electron chi connectivity index (χ1n) is 9.68. The third-order valence-corrected chi connectivity index (χ3v) is 4.89. The summed E-state index contributed by atoms with van der Waals surface area (Å²) >= 11 is 0. The Bertz CT molecular complexity index is 1170. The molecule has 0 atom stereocenters. The zero-order valence-electron chi connectivity index (χ0n) is 17.0. The molecule has 31 heavy (non-hydrogen) atoms. The van der Waals surface area contributed by atoms with Crippen LogP contribution in [0.4, 0.5) is 0 Å². The number of carbonyl (C=O) groups excluding carboxylic acids is 2. The summed E-state index contributed by atoms with van der Waals surface area (Å²) in [5.41, 5.74) is 3.74. The van der Waals surface area contributed by atoms with Gasteiger partial charge in [0.05, 0.1) is 18.2 Å². The molecule has 0 bridgehead atoms. The van der Waals surface area contributed by atoms with Gasteiger partial charge in [0, 0.05) is 6.07 Å². The fourth-order valence-corrected chi connectivity index (χ4v) is 3.16. The standard InChI is InChI=1S/C26H20O5/c1-3-17-4-6-19(7-5-17)16-30-21-12-13-22-23(15-21)31-24(25(22)27)14-18-8-10-20(11-9-18)26(28)29-2/h3-15H,1,16H2,2H3/b24-14-. The molecule has 0 aromatic heterocycles. The quantitative estimate of drug-likeness (QED) is 0.406. The molecule has 3 aromatic rings. The molecule has 5 nitrogen and oxygen atoms in total. The van der Waals surface area contributed by atoms with Gasteiger partial charge >= 0.3 is 5.97 Å². The van der Waals surface area contributed by atoms with Gasteiger partial charge in [0.25, 0.3) is 0 Å². The predicted molar refractivity (Wildman–Crippen MR) is 118 cm³/mol. The van der Waals surface area contributed by atoms with Gasteiger partial charge in [-0.1, -0.05) is 49.1 Å². The zero-order valence-corrected chi connectivity index (χ0v) is 17.0. The van der Waals surface area contributed by atoms with Crippen LogP contribution in [-0.4, -0.2) is 18.9 Å². The topological polar surface area (TPSA) is 61.8 Å². The largest absolute Gasteiger partial charge is 0.489 e. The maximum absolute atomic E-state index is 12.7. The second-order valence-corrected chi connectivity index (χ2v) is 6.95. The molecule has 4 rings (SSSR count). The number of methoxy groups -OCH3 is 1. The van der Waals surface area contributed by atoms with Gasteiger partial charge in [-0.3, -0.25) is 4.79 Å². The monoisotopic (exact) mass is 412 g/mol. The Morgan fingerprint density at radius 2 is 1.71 bits per heavy atom. The summed E-state index contributed by atoms with van der Waals surface area (Å²) in [6.07, 6.45) is 3.43. The maximum Gasteiger partial charge on any atom is 0.337 e. The molecule has 0 N–H and O–H groups in total. The first-order chi connectivity index (χ1) is 15.1. The summed E-state index contributed by atoms with van der Waals surface area (Å²) in [5, 5.41) is 0. The van der Waals surface area contributed by atoms with E-state index in [0.717, 1.165) is 16.7 Å². The summed E-state index contributed by atoms with van der Waals surface area (Å²) < 4.78 is 16.3. The lowest BCUT2D eigenvalue weighted by molar-refractivity contribution is 0.0600. The summed E-state index contributed by atoms with van der Waals surface area (Å²) in [7, 11) is 1.33. The normalized spacial score (nSPS) is 13.5. The number of carbonyl (C=O) groups is 2. The van der Waals surface area contributed by atoms with Crippen LogP contribution in [0, 0.1) is 0 Å². The molecule has 0 saturated carbocycles. The first-order valence-corrected chi connectivity index (χ1v) is 9.68. The summed E-state index contributed by atoms with van der Waals surface area (Å²) in [6.45, 7) is 4.15. The molecule has 5 heteroatoms. The van der Waals surface area contributed by atoms with Crippen LogP contribution in [0.3, 0.4) is 0 Å². The van der Waals surface area contributed by atoms with Crippen molar-refractivity contribution < 1.29 is 23.8 Å². The number of Topliss-reactive ketones (excluding diaryl/α,β-unsaturated/α-hetero) is 1. The van der Waals surface area contributed by atoms with E-state index >= 15 is 0 Å². The smallest absolute Gasteiger partial charge is 0.337 e.